The van der Waals surface area contributed by atoms with Crippen LogP contribution in [0.5, 0.6) is 11.5 Å². The van der Waals surface area contributed by atoms with Crippen molar-refractivity contribution in [3.8, 4) is 11.5 Å². The third-order valence-electron chi connectivity index (χ3n) is 1.83. The molecule has 1 aromatic rings. The topological polar surface area (TPSA) is 47.9 Å². The van der Waals surface area contributed by atoms with E-state index in [-0.39, 0.29) is 6.54 Å². The van der Waals surface area contributed by atoms with Crippen molar-refractivity contribution in [2.24, 2.45) is 4.99 Å². The van der Waals surface area contributed by atoms with E-state index in [0.29, 0.717) is 11.5 Å². The van der Waals surface area contributed by atoms with Gasteiger partial charge in [0.25, 0.3) is 0 Å². The summed E-state index contributed by atoms with van der Waals surface area (Å²) >= 11 is 3.35. The van der Waals surface area contributed by atoms with Crippen LogP contribution in [0.15, 0.2) is 21.6 Å². The van der Waals surface area contributed by atoms with Crippen LogP contribution in [0.1, 0.15) is 5.56 Å². The molecule has 4 nitrogen and oxygen atoms in total. The van der Waals surface area contributed by atoms with Gasteiger partial charge in [0.05, 0.1) is 20.8 Å². The lowest BCUT2D eigenvalue weighted by Gasteiger charge is -2.09. The number of methoxy groups -OCH3 is 2. The van der Waals surface area contributed by atoms with Crippen molar-refractivity contribution in [2.75, 3.05) is 14.2 Å². The Morgan fingerprint density at radius 1 is 1.33 bits per heavy atom. The van der Waals surface area contributed by atoms with Crippen molar-refractivity contribution in [3.05, 3.63) is 22.2 Å². The number of hydrogen-bond acceptors (Lipinski definition) is 4. The molecule has 0 fully saturated rings. The zero-order chi connectivity index (χ0) is 11.3. The van der Waals surface area contributed by atoms with Gasteiger partial charge in [-0.25, -0.2) is 9.79 Å². The monoisotopic (exact) mass is 271 g/mol. The molecule has 0 atom stereocenters. The molecule has 0 spiro atoms. The summed E-state index contributed by atoms with van der Waals surface area (Å²) in [6.45, 7) is 0.267. The lowest BCUT2D eigenvalue weighted by molar-refractivity contribution is 0.388. The summed E-state index contributed by atoms with van der Waals surface area (Å²) < 4.78 is 11.0. The Balaban J connectivity index is 3.14. The van der Waals surface area contributed by atoms with E-state index < -0.39 is 0 Å². The maximum Gasteiger partial charge on any atom is 0.235 e. The molecule has 1 rings (SSSR count). The molecular formula is C10H10BrNO3. The Morgan fingerprint density at radius 3 is 2.27 bits per heavy atom. The Kier molecular flexibility index (Phi) is 4.34. The van der Waals surface area contributed by atoms with E-state index in [4.69, 9.17) is 9.47 Å². The standard InChI is InChI=1S/C10H10BrNO3/c1-14-8-3-7(5-12-6-13)4-9(15-2)10(8)11/h3-4H,5H2,1-2H3. The normalized spacial score (nSPS) is 9.27. The molecule has 0 radical (unpaired) electrons. The van der Waals surface area contributed by atoms with Gasteiger partial charge in [-0.15, -0.1) is 0 Å². The number of hydrogen-bond donors (Lipinski definition) is 0. The van der Waals surface area contributed by atoms with E-state index in [1.807, 2.05) is 0 Å². The average Bonchev–Trinajstić information content (AvgIpc) is 2.27. The van der Waals surface area contributed by atoms with Gasteiger partial charge in [0.15, 0.2) is 0 Å². The Labute approximate surface area is 96.0 Å². The fourth-order valence-corrected chi connectivity index (χ4v) is 1.69. The predicted molar refractivity (Wildman–Crippen MR) is 59.1 cm³/mol. The smallest absolute Gasteiger partial charge is 0.235 e. The van der Waals surface area contributed by atoms with Gasteiger partial charge >= 0.3 is 0 Å². The van der Waals surface area contributed by atoms with Gasteiger partial charge in [-0.2, -0.15) is 0 Å². The summed E-state index contributed by atoms with van der Waals surface area (Å²) in [6, 6.07) is 3.57. The summed E-state index contributed by atoms with van der Waals surface area (Å²) in [6.07, 6.45) is 1.49. The molecule has 15 heavy (non-hydrogen) atoms. The molecular weight excluding hydrogens is 262 g/mol. The quantitative estimate of drug-likeness (QED) is 0.624. The number of benzene rings is 1. The molecule has 1 aromatic carbocycles. The number of aliphatic imine (C=N–C) groups is 1. The lowest BCUT2D eigenvalue weighted by Crippen LogP contribution is -1.92. The van der Waals surface area contributed by atoms with Crippen LogP contribution in [-0.4, -0.2) is 20.3 Å². The van der Waals surface area contributed by atoms with E-state index in [9.17, 15) is 4.79 Å². The van der Waals surface area contributed by atoms with Gasteiger partial charge in [-0.1, -0.05) is 0 Å². The second-order valence-electron chi connectivity index (χ2n) is 2.72. The van der Waals surface area contributed by atoms with Crippen molar-refractivity contribution < 1.29 is 14.3 Å². The second-order valence-corrected chi connectivity index (χ2v) is 3.51. The highest BCUT2D eigenvalue weighted by Gasteiger charge is 2.09. The minimum atomic E-state index is 0.267. The van der Waals surface area contributed by atoms with Crippen LogP contribution < -0.4 is 9.47 Å². The van der Waals surface area contributed by atoms with E-state index in [0.717, 1.165) is 10.0 Å². The van der Waals surface area contributed by atoms with E-state index in [1.165, 1.54) is 6.08 Å². The van der Waals surface area contributed by atoms with Crippen molar-refractivity contribution in [2.45, 2.75) is 6.54 Å². The zero-order valence-corrected chi connectivity index (χ0v) is 10.00. The number of nitrogens with zero attached hydrogens (tertiary/aromatic N) is 1. The van der Waals surface area contributed by atoms with Gasteiger partial charge in [0.2, 0.25) is 6.08 Å². The second kappa shape index (κ2) is 5.53. The fourth-order valence-electron chi connectivity index (χ4n) is 1.14. The first-order valence-electron chi connectivity index (χ1n) is 4.17. The number of carbonyl (C=O) groups excluding carboxylic acids is 1. The third kappa shape index (κ3) is 2.81. The highest BCUT2D eigenvalue weighted by Crippen LogP contribution is 2.35. The summed E-state index contributed by atoms with van der Waals surface area (Å²) in [4.78, 5) is 13.5. The molecule has 0 bridgehead atoms. The van der Waals surface area contributed by atoms with Crippen molar-refractivity contribution in [1.82, 2.24) is 0 Å². The maximum atomic E-state index is 9.99. The molecule has 80 valence electrons. The summed E-state index contributed by atoms with van der Waals surface area (Å²) in [7, 11) is 3.12. The molecule has 0 unspecified atom stereocenters. The molecule has 5 heteroatoms. The highest BCUT2D eigenvalue weighted by atomic mass is 79.9. The minimum absolute atomic E-state index is 0.267. The number of halogens is 1. The van der Waals surface area contributed by atoms with Crippen LogP contribution in [0.3, 0.4) is 0 Å². The summed E-state index contributed by atoms with van der Waals surface area (Å²) in [5.41, 5.74) is 0.829. The average molecular weight is 272 g/mol. The molecule has 0 saturated heterocycles. The molecule has 0 aliphatic carbocycles. The van der Waals surface area contributed by atoms with E-state index >= 15 is 0 Å². The summed E-state index contributed by atoms with van der Waals surface area (Å²) in [5, 5.41) is 0. The Morgan fingerprint density at radius 2 is 1.87 bits per heavy atom. The maximum absolute atomic E-state index is 9.99. The Hall–Kier alpha value is -1.32. The van der Waals surface area contributed by atoms with Crippen molar-refractivity contribution in [3.63, 3.8) is 0 Å². The third-order valence-corrected chi connectivity index (χ3v) is 2.61. The SMILES string of the molecule is COc1cc(CN=C=O)cc(OC)c1Br. The van der Waals surface area contributed by atoms with Crippen molar-refractivity contribution >= 4 is 22.0 Å². The molecule has 0 amide bonds. The molecule has 0 N–H and O–H groups in total. The fraction of sp³-hybridized carbons (Fsp3) is 0.300. The van der Waals surface area contributed by atoms with Crippen molar-refractivity contribution in [1.29, 1.82) is 0 Å². The van der Waals surface area contributed by atoms with Crippen LogP contribution in [0.4, 0.5) is 0 Å². The first-order valence-corrected chi connectivity index (χ1v) is 4.96. The van der Waals surface area contributed by atoms with Gasteiger partial charge in [0, 0.05) is 0 Å². The molecule has 0 saturated carbocycles. The van der Waals surface area contributed by atoms with Crippen LogP contribution in [0.25, 0.3) is 0 Å². The van der Waals surface area contributed by atoms with Crippen LogP contribution in [0, 0.1) is 0 Å². The van der Waals surface area contributed by atoms with E-state index in [2.05, 4.69) is 20.9 Å². The number of ether oxygens (including phenoxy) is 2. The van der Waals surface area contributed by atoms with Crippen LogP contribution in [-0.2, 0) is 11.3 Å². The van der Waals surface area contributed by atoms with E-state index in [1.54, 1.807) is 26.4 Å². The minimum Gasteiger partial charge on any atom is -0.495 e. The lowest BCUT2D eigenvalue weighted by atomic mass is 10.2. The van der Waals surface area contributed by atoms with Crippen LogP contribution in [0.2, 0.25) is 0 Å². The first kappa shape index (κ1) is 11.8. The highest BCUT2D eigenvalue weighted by molar-refractivity contribution is 9.10. The molecule has 0 heterocycles. The first-order chi connectivity index (χ1) is 7.22. The summed E-state index contributed by atoms with van der Waals surface area (Å²) in [5.74, 6) is 1.29. The van der Waals surface area contributed by atoms with Gasteiger partial charge in [0.1, 0.15) is 16.0 Å². The van der Waals surface area contributed by atoms with Gasteiger partial charge in [-0.3, -0.25) is 0 Å². The molecule has 0 aromatic heterocycles. The molecule has 0 aliphatic rings. The number of isocyanates is 1. The Bertz CT molecular complexity index is 375. The van der Waals surface area contributed by atoms with Gasteiger partial charge < -0.3 is 9.47 Å². The molecule has 0 aliphatic heterocycles. The van der Waals surface area contributed by atoms with Crippen LogP contribution >= 0.6 is 15.9 Å². The predicted octanol–water partition coefficient (Wildman–Crippen LogP) is 2.30. The zero-order valence-electron chi connectivity index (χ0n) is 8.41. The van der Waals surface area contributed by atoms with Gasteiger partial charge in [-0.05, 0) is 33.6 Å². The number of rotatable bonds is 4. The largest absolute Gasteiger partial charge is 0.495 e.